The quantitative estimate of drug-likeness (QED) is 0.628. The third-order valence-corrected chi connectivity index (χ3v) is 5.07. The third-order valence-electron chi connectivity index (χ3n) is 3.86. The topological polar surface area (TPSA) is 68.4 Å². The number of nitrogens with one attached hydrogen (secondary N) is 1. The molecule has 0 saturated heterocycles. The van der Waals surface area contributed by atoms with Crippen LogP contribution in [0.3, 0.4) is 0 Å². The summed E-state index contributed by atoms with van der Waals surface area (Å²) in [4.78, 5) is 27.3. The minimum atomic E-state index is -0.256. The third kappa shape index (κ3) is 4.71. The Kier molecular flexibility index (Phi) is 6.34. The smallest absolute Gasteiger partial charge is 0.266 e. The van der Waals surface area contributed by atoms with Crippen molar-refractivity contribution in [3.8, 4) is 11.5 Å². The molecular formula is C21H18ClNO4S. The van der Waals surface area contributed by atoms with Crippen molar-refractivity contribution in [2.45, 2.75) is 6.92 Å². The lowest BCUT2D eigenvalue weighted by molar-refractivity contribution is 0.106. The highest BCUT2D eigenvalue weighted by atomic mass is 35.5. The fraction of sp³-hybridized carbons (Fsp3) is 0.143. The molecule has 0 radical (unpaired) electrons. The zero-order valence-corrected chi connectivity index (χ0v) is 16.9. The van der Waals surface area contributed by atoms with Crippen LogP contribution in [0, 0.1) is 0 Å². The molecule has 0 aliphatic heterocycles. The van der Waals surface area contributed by atoms with Crippen LogP contribution in [0.4, 0.5) is 0 Å². The number of carbonyl (C=O) groups is 1. The number of halogens is 1. The predicted octanol–water partition coefficient (Wildman–Crippen LogP) is 2.99. The van der Waals surface area contributed by atoms with Crippen molar-refractivity contribution in [2.24, 2.45) is 0 Å². The van der Waals surface area contributed by atoms with Crippen molar-refractivity contribution in [2.75, 3.05) is 13.7 Å². The number of hydrogen-bond acceptors (Lipinski definition) is 5. The van der Waals surface area contributed by atoms with E-state index in [0.717, 1.165) is 5.56 Å². The molecule has 0 unspecified atom stereocenters. The average molecular weight is 416 g/mol. The molecule has 3 aromatic rings. The first-order valence-corrected chi connectivity index (χ1v) is 9.73. The number of aromatic nitrogens is 1. The Bertz CT molecular complexity index is 1160. The highest BCUT2D eigenvalue weighted by Gasteiger charge is 2.06. The average Bonchev–Trinajstić information content (AvgIpc) is 3.01. The largest absolute Gasteiger partial charge is 0.493 e. The van der Waals surface area contributed by atoms with Crippen molar-refractivity contribution in [1.29, 1.82) is 0 Å². The first kappa shape index (κ1) is 19.9. The number of benzene rings is 2. The molecule has 28 heavy (non-hydrogen) atoms. The lowest BCUT2D eigenvalue weighted by Crippen LogP contribution is -2.20. The zero-order valence-electron chi connectivity index (χ0n) is 15.3. The molecule has 144 valence electrons. The summed E-state index contributed by atoms with van der Waals surface area (Å²) in [5.41, 5.74) is 1.04. The van der Waals surface area contributed by atoms with E-state index in [1.165, 1.54) is 17.4 Å². The standard InChI is InChI=1S/C21H18ClNO4S/c1-3-27-18-10-13(4-9-17(18)26-2)11-19-21(25)23-20(28-19)12-16(24)14-5-7-15(22)8-6-14/h4-12H,3H2,1-2H3,(H,23,25)/b19-11-,20-12-. The molecule has 0 saturated carbocycles. The van der Waals surface area contributed by atoms with Crippen LogP contribution < -0.4 is 24.2 Å². The van der Waals surface area contributed by atoms with Crippen LogP contribution in [-0.2, 0) is 0 Å². The summed E-state index contributed by atoms with van der Waals surface area (Å²) in [6.45, 7) is 2.39. The van der Waals surface area contributed by atoms with E-state index < -0.39 is 0 Å². The van der Waals surface area contributed by atoms with Crippen molar-refractivity contribution in [3.63, 3.8) is 0 Å². The highest BCUT2D eigenvalue weighted by molar-refractivity contribution is 7.07. The number of methoxy groups -OCH3 is 1. The minimum absolute atomic E-state index is 0.205. The first-order chi connectivity index (χ1) is 13.5. The fourth-order valence-corrected chi connectivity index (χ4v) is 3.56. The summed E-state index contributed by atoms with van der Waals surface area (Å²) in [5.74, 6) is 1.03. The molecule has 2 aromatic carbocycles. The number of ketones is 1. The molecule has 1 aromatic heterocycles. The Morgan fingerprint density at radius 2 is 1.93 bits per heavy atom. The fourth-order valence-electron chi connectivity index (χ4n) is 2.54. The van der Waals surface area contributed by atoms with Crippen LogP contribution in [0.15, 0.2) is 47.3 Å². The number of thiazole rings is 1. The van der Waals surface area contributed by atoms with E-state index >= 15 is 0 Å². The molecule has 0 bridgehead atoms. The van der Waals surface area contributed by atoms with Gasteiger partial charge < -0.3 is 14.5 Å². The van der Waals surface area contributed by atoms with Crippen LogP contribution in [0.1, 0.15) is 22.8 Å². The summed E-state index contributed by atoms with van der Waals surface area (Å²) in [7, 11) is 1.57. The van der Waals surface area contributed by atoms with Gasteiger partial charge in [0.15, 0.2) is 17.3 Å². The second-order valence-corrected chi connectivity index (χ2v) is 7.31. The monoisotopic (exact) mass is 415 g/mol. The molecular weight excluding hydrogens is 398 g/mol. The molecule has 0 fully saturated rings. The van der Waals surface area contributed by atoms with E-state index in [1.54, 1.807) is 43.5 Å². The lowest BCUT2D eigenvalue weighted by atomic mass is 10.1. The molecule has 7 heteroatoms. The second kappa shape index (κ2) is 8.91. The van der Waals surface area contributed by atoms with Crippen LogP contribution in [0.25, 0.3) is 12.2 Å². The van der Waals surface area contributed by atoms with E-state index in [2.05, 4.69) is 4.98 Å². The number of Topliss-reactive ketones (excluding diaryl/α,β-unsaturated/α-hetero) is 1. The second-order valence-electron chi connectivity index (χ2n) is 5.79. The molecule has 0 spiro atoms. The number of rotatable bonds is 6. The van der Waals surface area contributed by atoms with Gasteiger partial charge in [-0.05, 0) is 55.0 Å². The van der Waals surface area contributed by atoms with Gasteiger partial charge in [0.2, 0.25) is 0 Å². The first-order valence-electron chi connectivity index (χ1n) is 8.53. The minimum Gasteiger partial charge on any atom is -0.493 e. The van der Waals surface area contributed by atoms with E-state index in [-0.39, 0.29) is 11.3 Å². The Morgan fingerprint density at radius 1 is 1.18 bits per heavy atom. The number of carbonyl (C=O) groups excluding carboxylic acids is 1. The molecule has 0 amide bonds. The molecule has 1 heterocycles. The van der Waals surface area contributed by atoms with Gasteiger partial charge in [-0.15, -0.1) is 11.3 Å². The summed E-state index contributed by atoms with van der Waals surface area (Å²) in [6, 6.07) is 12.0. The highest BCUT2D eigenvalue weighted by Crippen LogP contribution is 2.28. The predicted molar refractivity (Wildman–Crippen MR) is 112 cm³/mol. The zero-order chi connectivity index (χ0) is 20.1. The number of H-pyrrole nitrogens is 1. The molecule has 0 aliphatic carbocycles. The Balaban J connectivity index is 1.96. The Morgan fingerprint density at radius 3 is 2.61 bits per heavy atom. The lowest BCUT2D eigenvalue weighted by Gasteiger charge is -2.09. The van der Waals surface area contributed by atoms with Gasteiger partial charge in [0.1, 0.15) is 0 Å². The van der Waals surface area contributed by atoms with Crippen molar-refractivity contribution in [3.05, 3.63) is 78.2 Å². The number of aromatic amines is 1. The molecule has 0 atom stereocenters. The van der Waals surface area contributed by atoms with Crippen molar-refractivity contribution < 1.29 is 14.3 Å². The Hall–Kier alpha value is -2.83. The van der Waals surface area contributed by atoms with Gasteiger partial charge in [-0.1, -0.05) is 17.7 Å². The molecule has 0 aliphatic rings. The van der Waals surface area contributed by atoms with Crippen molar-refractivity contribution in [1.82, 2.24) is 4.98 Å². The van der Waals surface area contributed by atoms with Gasteiger partial charge in [0, 0.05) is 16.7 Å². The maximum Gasteiger partial charge on any atom is 0.266 e. The van der Waals surface area contributed by atoms with E-state index in [9.17, 15) is 9.59 Å². The summed E-state index contributed by atoms with van der Waals surface area (Å²) < 4.78 is 11.8. The summed E-state index contributed by atoms with van der Waals surface area (Å²) in [6.07, 6.45) is 3.15. The summed E-state index contributed by atoms with van der Waals surface area (Å²) >= 11 is 7.05. The van der Waals surface area contributed by atoms with E-state index in [1.807, 2.05) is 19.1 Å². The van der Waals surface area contributed by atoms with Crippen molar-refractivity contribution >= 4 is 40.9 Å². The SMILES string of the molecule is CCOc1cc(/C=c2\s/c(=C\C(=O)c3ccc(Cl)cc3)[nH]c2=O)ccc1OC. The number of ether oxygens (including phenoxy) is 2. The van der Waals surface area contributed by atoms with Gasteiger partial charge >= 0.3 is 0 Å². The van der Waals surface area contributed by atoms with Gasteiger partial charge in [0.05, 0.1) is 22.9 Å². The molecule has 5 nitrogen and oxygen atoms in total. The maximum absolute atomic E-state index is 12.3. The normalized spacial score (nSPS) is 12.2. The van der Waals surface area contributed by atoms with Gasteiger partial charge in [0.25, 0.3) is 5.56 Å². The van der Waals surface area contributed by atoms with Gasteiger partial charge in [-0.3, -0.25) is 9.59 Å². The molecule has 1 N–H and O–H groups in total. The van der Waals surface area contributed by atoms with Crippen LogP contribution in [-0.4, -0.2) is 24.5 Å². The van der Waals surface area contributed by atoms with E-state index in [0.29, 0.717) is 37.9 Å². The van der Waals surface area contributed by atoms with Crippen LogP contribution in [0.2, 0.25) is 5.02 Å². The molecule has 3 rings (SSSR count). The van der Waals surface area contributed by atoms with E-state index in [4.69, 9.17) is 21.1 Å². The van der Waals surface area contributed by atoms with Crippen LogP contribution in [0.5, 0.6) is 11.5 Å². The van der Waals surface area contributed by atoms with Gasteiger partial charge in [-0.2, -0.15) is 0 Å². The van der Waals surface area contributed by atoms with Gasteiger partial charge in [-0.25, -0.2) is 0 Å². The Labute approximate surface area is 170 Å². The number of hydrogen-bond donors (Lipinski definition) is 1. The summed E-state index contributed by atoms with van der Waals surface area (Å²) in [5, 5.41) is 0.559. The van der Waals surface area contributed by atoms with Crippen LogP contribution >= 0.6 is 22.9 Å². The maximum atomic E-state index is 12.3.